The van der Waals surface area contributed by atoms with Gasteiger partial charge in [-0.25, -0.2) is 0 Å². The van der Waals surface area contributed by atoms with Crippen molar-refractivity contribution in [3.8, 4) is 55.9 Å². The summed E-state index contributed by atoms with van der Waals surface area (Å²) >= 11 is 0. The van der Waals surface area contributed by atoms with E-state index in [2.05, 4.69) is 228 Å². The lowest BCUT2D eigenvalue weighted by molar-refractivity contribution is 1.17. The standard InChI is InChI=1S/C54H36N2/c1-3-16-37(17-4-1)39-20-13-21-40(34-39)41-22-14-23-42(35-41)55-50-29-11-9-26-46(50)49-36-43(32-33-52(49)55)56-51-30-12-10-27-48(51)54-47(28-15-31-53(54)56)45-25-8-7-24-44(45)38-18-5-2-6-19-38/h1-36H. The van der Waals surface area contributed by atoms with Gasteiger partial charge in [0.05, 0.1) is 22.1 Å². The molecular formula is C54H36N2. The third-order valence-corrected chi connectivity index (χ3v) is 11.3. The monoisotopic (exact) mass is 712 g/mol. The van der Waals surface area contributed by atoms with Gasteiger partial charge in [-0.3, -0.25) is 0 Å². The van der Waals surface area contributed by atoms with Crippen LogP contribution in [0.1, 0.15) is 0 Å². The fourth-order valence-electron chi connectivity index (χ4n) is 8.82. The van der Waals surface area contributed by atoms with Crippen molar-refractivity contribution in [3.63, 3.8) is 0 Å². The molecule has 0 amide bonds. The van der Waals surface area contributed by atoms with Crippen molar-refractivity contribution in [3.05, 3.63) is 218 Å². The van der Waals surface area contributed by atoms with Gasteiger partial charge in [-0.15, -0.1) is 0 Å². The van der Waals surface area contributed by atoms with Gasteiger partial charge >= 0.3 is 0 Å². The molecule has 0 aliphatic carbocycles. The number of nitrogens with zero attached hydrogens (tertiary/aromatic N) is 2. The number of rotatable bonds is 6. The third kappa shape index (κ3) is 5.19. The quantitative estimate of drug-likeness (QED) is 0.162. The second-order valence-corrected chi connectivity index (χ2v) is 14.5. The molecule has 2 aromatic heterocycles. The summed E-state index contributed by atoms with van der Waals surface area (Å²) < 4.78 is 4.87. The van der Waals surface area contributed by atoms with Crippen molar-refractivity contribution < 1.29 is 0 Å². The fraction of sp³-hybridized carbons (Fsp3) is 0. The van der Waals surface area contributed by atoms with Gasteiger partial charge in [-0.2, -0.15) is 0 Å². The van der Waals surface area contributed by atoms with Gasteiger partial charge < -0.3 is 9.13 Å². The average molecular weight is 713 g/mol. The van der Waals surface area contributed by atoms with Gasteiger partial charge in [0, 0.05) is 32.9 Å². The van der Waals surface area contributed by atoms with E-state index in [-0.39, 0.29) is 0 Å². The largest absolute Gasteiger partial charge is 0.309 e. The summed E-state index contributed by atoms with van der Waals surface area (Å²) in [6.07, 6.45) is 0. The van der Waals surface area contributed by atoms with Crippen molar-refractivity contribution in [2.24, 2.45) is 0 Å². The first-order valence-corrected chi connectivity index (χ1v) is 19.3. The van der Waals surface area contributed by atoms with Crippen LogP contribution in [-0.4, -0.2) is 9.13 Å². The highest BCUT2D eigenvalue weighted by atomic mass is 15.0. The Kier molecular flexibility index (Phi) is 7.53. The Balaban J connectivity index is 1.09. The fourth-order valence-corrected chi connectivity index (χ4v) is 8.82. The van der Waals surface area contributed by atoms with E-state index in [0.29, 0.717) is 0 Å². The normalized spacial score (nSPS) is 11.6. The number of hydrogen-bond acceptors (Lipinski definition) is 0. The molecule has 0 aliphatic heterocycles. The Hall–Kier alpha value is -7.42. The van der Waals surface area contributed by atoms with Crippen molar-refractivity contribution >= 4 is 43.6 Å². The molecule has 11 rings (SSSR count). The summed E-state index contributed by atoms with van der Waals surface area (Å²) in [7, 11) is 0. The maximum Gasteiger partial charge on any atom is 0.0547 e. The number of fused-ring (bicyclic) bond motifs is 6. The molecule has 0 saturated heterocycles. The van der Waals surface area contributed by atoms with Gasteiger partial charge in [0.1, 0.15) is 0 Å². The predicted octanol–water partition coefficient (Wildman–Crippen LogP) is 14.5. The summed E-state index contributed by atoms with van der Waals surface area (Å²) in [6.45, 7) is 0. The van der Waals surface area contributed by atoms with Crippen LogP contribution >= 0.6 is 0 Å². The predicted molar refractivity (Wildman–Crippen MR) is 237 cm³/mol. The molecule has 262 valence electrons. The first kappa shape index (κ1) is 32.0. The van der Waals surface area contributed by atoms with Crippen LogP contribution in [0.25, 0.3) is 99.5 Å². The maximum atomic E-state index is 2.45. The van der Waals surface area contributed by atoms with E-state index in [4.69, 9.17) is 0 Å². The molecule has 0 aliphatic rings. The summed E-state index contributed by atoms with van der Waals surface area (Å²) in [5, 5.41) is 4.98. The minimum Gasteiger partial charge on any atom is -0.309 e. The number of hydrogen-bond donors (Lipinski definition) is 0. The van der Waals surface area contributed by atoms with Crippen LogP contribution in [-0.2, 0) is 0 Å². The molecule has 9 aromatic carbocycles. The zero-order valence-corrected chi connectivity index (χ0v) is 30.7. The Bertz CT molecular complexity index is 3240. The Morgan fingerprint density at radius 1 is 0.232 bits per heavy atom. The van der Waals surface area contributed by atoms with E-state index in [0.717, 1.165) is 11.4 Å². The molecule has 11 aromatic rings. The molecule has 2 heteroatoms. The first-order chi connectivity index (χ1) is 27.8. The maximum absolute atomic E-state index is 2.45. The SMILES string of the molecule is c1ccc(-c2cccc(-c3cccc(-n4c5ccccc5c5cc(-n6c7ccccc7c7c(-c8ccccc8-c8ccccc8)cccc76)ccc54)c3)c2)cc1. The number of benzene rings is 9. The number of aromatic nitrogens is 2. The number of para-hydroxylation sites is 2. The van der Waals surface area contributed by atoms with Gasteiger partial charge in [0.25, 0.3) is 0 Å². The van der Waals surface area contributed by atoms with E-state index in [1.165, 1.54) is 88.1 Å². The van der Waals surface area contributed by atoms with Gasteiger partial charge in [-0.05, 0) is 99.1 Å². The Morgan fingerprint density at radius 3 is 1.50 bits per heavy atom. The molecule has 0 radical (unpaired) electrons. The minimum atomic E-state index is 1.14. The van der Waals surface area contributed by atoms with Crippen LogP contribution in [0.15, 0.2) is 218 Å². The molecule has 2 nitrogen and oxygen atoms in total. The van der Waals surface area contributed by atoms with Crippen LogP contribution in [0.2, 0.25) is 0 Å². The topological polar surface area (TPSA) is 9.86 Å². The van der Waals surface area contributed by atoms with E-state index >= 15 is 0 Å². The zero-order valence-electron chi connectivity index (χ0n) is 30.7. The van der Waals surface area contributed by atoms with Crippen molar-refractivity contribution in [2.75, 3.05) is 0 Å². The smallest absolute Gasteiger partial charge is 0.0547 e. The highest BCUT2D eigenvalue weighted by Crippen LogP contribution is 2.43. The van der Waals surface area contributed by atoms with Crippen molar-refractivity contribution in [1.29, 1.82) is 0 Å². The average Bonchev–Trinajstić information content (AvgIpc) is 3.80. The highest BCUT2D eigenvalue weighted by Gasteiger charge is 2.20. The van der Waals surface area contributed by atoms with Crippen LogP contribution in [0.4, 0.5) is 0 Å². The minimum absolute atomic E-state index is 1.14. The molecule has 0 unspecified atom stereocenters. The van der Waals surface area contributed by atoms with Crippen molar-refractivity contribution in [2.45, 2.75) is 0 Å². The summed E-state index contributed by atoms with van der Waals surface area (Å²) in [5.41, 5.74) is 16.8. The molecule has 0 saturated carbocycles. The van der Waals surface area contributed by atoms with E-state index in [9.17, 15) is 0 Å². The van der Waals surface area contributed by atoms with Gasteiger partial charge in [0.2, 0.25) is 0 Å². The van der Waals surface area contributed by atoms with Crippen LogP contribution in [0.5, 0.6) is 0 Å². The lowest BCUT2D eigenvalue weighted by Crippen LogP contribution is -1.96. The molecule has 0 fully saturated rings. The lowest BCUT2D eigenvalue weighted by Gasteiger charge is -2.13. The summed E-state index contributed by atoms with van der Waals surface area (Å²) in [6, 6.07) is 79.3. The summed E-state index contributed by atoms with van der Waals surface area (Å²) in [5.74, 6) is 0. The van der Waals surface area contributed by atoms with E-state index in [1.54, 1.807) is 0 Å². The van der Waals surface area contributed by atoms with E-state index in [1.807, 2.05) is 0 Å². The summed E-state index contributed by atoms with van der Waals surface area (Å²) in [4.78, 5) is 0. The zero-order chi connectivity index (χ0) is 37.0. The highest BCUT2D eigenvalue weighted by molar-refractivity contribution is 6.17. The molecule has 2 heterocycles. The molecule has 0 N–H and O–H groups in total. The second kappa shape index (κ2) is 13.2. The van der Waals surface area contributed by atoms with E-state index < -0.39 is 0 Å². The molecule has 0 bridgehead atoms. The lowest BCUT2D eigenvalue weighted by atomic mass is 9.92. The Labute approximate surface area is 325 Å². The molecule has 56 heavy (non-hydrogen) atoms. The second-order valence-electron chi connectivity index (χ2n) is 14.5. The third-order valence-electron chi connectivity index (χ3n) is 11.3. The van der Waals surface area contributed by atoms with Crippen LogP contribution in [0.3, 0.4) is 0 Å². The van der Waals surface area contributed by atoms with Crippen LogP contribution in [0, 0.1) is 0 Å². The van der Waals surface area contributed by atoms with Gasteiger partial charge in [-0.1, -0.05) is 164 Å². The van der Waals surface area contributed by atoms with Gasteiger partial charge in [0.15, 0.2) is 0 Å². The first-order valence-electron chi connectivity index (χ1n) is 19.3. The van der Waals surface area contributed by atoms with Crippen LogP contribution < -0.4 is 0 Å². The molecule has 0 spiro atoms. The molecule has 0 atom stereocenters. The Morgan fingerprint density at radius 2 is 0.714 bits per heavy atom. The van der Waals surface area contributed by atoms with Crippen molar-refractivity contribution in [1.82, 2.24) is 9.13 Å². The molecular weight excluding hydrogens is 677 g/mol.